The highest BCUT2D eigenvalue weighted by Crippen LogP contribution is 2.25. The molecule has 0 aliphatic heterocycles. The topological polar surface area (TPSA) is 97.4 Å². The van der Waals surface area contributed by atoms with Gasteiger partial charge in [0.1, 0.15) is 17.4 Å². The molecular weight excluding hydrogens is 408 g/mol. The van der Waals surface area contributed by atoms with E-state index in [1.165, 1.54) is 19.2 Å². The average Bonchev–Trinajstić information content (AvgIpc) is 2.65. The van der Waals surface area contributed by atoms with Gasteiger partial charge in [0.05, 0.1) is 7.11 Å². The van der Waals surface area contributed by atoms with Crippen molar-refractivity contribution in [2.75, 3.05) is 13.7 Å². The molecule has 0 radical (unpaired) electrons. The van der Waals surface area contributed by atoms with Crippen LogP contribution in [0.5, 0.6) is 5.75 Å². The maximum absolute atomic E-state index is 14.3. The molecule has 0 aromatic heterocycles. The second-order valence-corrected chi connectivity index (χ2v) is 6.07. The molecule has 0 heterocycles. The Morgan fingerprint density at radius 3 is 2.57 bits per heavy atom. The summed E-state index contributed by atoms with van der Waals surface area (Å²) in [5.74, 6) is -0.831. The van der Waals surface area contributed by atoms with Gasteiger partial charge in [-0.05, 0) is 30.7 Å². The number of nitrogens with one attached hydrogen (secondary N) is 2. The molecule has 4 N–H and O–H groups in total. The van der Waals surface area contributed by atoms with E-state index in [0.717, 1.165) is 0 Å². The minimum atomic E-state index is -1.10. The standard InChI is InChI=1S/C19H21ClFN3O3.ClH/c1-3-27-17(14-7-6-13(26-2)9-16(14)21)19(25)24-10-12-5-4-11(18(22)23)8-15(12)20;/h4-9,17H,3,10H2,1-2H3,(H3,22,23)(H,24,25);1H/t17-;/m0./s1. The van der Waals surface area contributed by atoms with Crippen molar-refractivity contribution in [1.82, 2.24) is 5.32 Å². The highest BCUT2D eigenvalue weighted by Gasteiger charge is 2.24. The number of hydrogen-bond acceptors (Lipinski definition) is 4. The Labute approximate surface area is 174 Å². The lowest BCUT2D eigenvalue weighted by molar-refractivity contribution is -0.133. The summed E-state index contributed by atoms with van der Waals surface area (Å²) < 4.78 is 24.7. The van der Waals surface area contributed by atoms with Gasteiger partial charge in [0, 0.05) is 35.4 Å². The van der Waals surface area contributed by atoms with Gasteiger partial charge < -0.3 is 20.5 Å². The van der Waals surface area contributed by atoms with Crippen molar-refractivity contribution >= 4 is 35.8 Å². The molecule has 152 valence electrons. The van der Waals surface area contributed by atoms with Crippen LogP contribution < -0.4 is 15.8 Å². The fourth-order valence-electron chi connectivity index (χ4n) is 2.45. The number of amides is 1. The van der Waals surface area contributed by atoms with Crippen molar-refractivity contribution < 1.29 is 18.7 Å². The Morgan fingerprint density at radius 2 is 2.04 bits per heavy atom. The number of carbonyl (C=O) groups is 1. The Morgan fingerprint density at radius 1 is 1.32 bits per heavy atom. The Hall–Kier alpha value is -2.35. The van der Waals surface area contributed by atoms with Crippen LogP contribution in [0.2, 0.25) is 5.02 Å². The third-order valence-electron chi connectivity index (χ3n) is 3.88. The van der Waals surface area contributed by atoms with Gasteiger partial charge in [0.15, 0.2) is 6.10 Å². The van der Waals surface area contributed by atoms with Crippen LogP contribution in [0.25, 0.3) is 0 Å². The molecule has 0 fully saturated rings. The van der Waals surface area contributed by atoms with E-state index in [-0.39, 0.29) is 37.0 Å². The summed E-state index contributed by atoms with van der Waals surface area (Å²) in [4.78, 5) is 12.6. The Kier molecular flexibility index (Phi) is 9.18. The third-order valence-corrected chi connectivity index (χ3v) is 4.23. The summed E-state index contributed by atoms with van der Waals surface area (Å²) >= 11 is 6.16. The average molecular weight is 430 g/mol. The van der Waals surface area contributed by atoms with Gasteiger partial charge >= 0.3 is 0 Å². The normalized spacial score (nSPS) is 11.3. The predicted molar refractivity (Wildman–Crippen MR) is 109 cm³/mol. The SMILES string of the molecule is CCO[C@H](C(=O)NCc1ccc(C(=N)N)cc1Cl)c1ccc(OC)cc1F.Cl. The largest absolute Gasteiger partial charge is 0.497 e. The summed E-state index contributed by atoms with van der Waals surface area (Å²) in [6, 6.07) is 9.08. The molecule has 9 heteroatoms. The predicted octanol–water partition coefficient (Wildman–Crippen LogP) is 3.59. The molecular formula is C19H22Cl2FN3O3. The molecule has 2 rings (SSSR count). The number of nitrogen functional groups attached to an aromatic ring is 1. The lowest BCUT2D eigenvalue weighted by atomic mass is 10.1. The number of methoxy groups -OCH3 is 1. The highest BCUT2D eigenvalue weighted by atomic mass is 35.5. The number of ether oxygens (including phenoxy) is 2. The number of hydrogen-bond donors (Lipinski definition) is 3. The third kappa shape index (κ3) is 5.82. The van der Waals surface area contributed by atoms with Gasteiger partial charge in [-0.15, -0.1) is 12.4 Å². The molecule has 0 spiro atoms. The van der Waals surface area contributed by atoms with E-state index >= 15 is 0 Å². The molecule has 2 aromatic carbocycles. The zero-order valence-corrected chi connectivity index (χ0v) is 17.0. The van der Waals surface area contributed by atoms with Crippen LogP contribution in [-0.4, -0.2) is 25.5 Å². The van der Waals surface area contributed by atoms with Gasteiger partial charge in [-0.1, -0.05) is 23.7 Å². The van der Waals surface area contributed by atoms with E-state index in [1.807, 2.05) is 0 Å². The van der Waals surface area contributed by atoms with Gasteiger partial charge in [0.2, 0.25) is 0 Å². The second-order valence-electron chi connectivity index (χ2n) is 5.66. The van der Waals surface area contributed by atoms with Crippen molar-refractivity contribution in [3.63, 3.8) is 0 Å². The van der Waals surface area contributed by atoms with Crippen molar-refractivity contribution in [1.29, 1.82) is 5.41 Å². The molecule has 0 aliphatic rings. The van der Waals surface area contributed by atoms with Crippen LogP contribution in [0.4, 0.5) is 4.39 Å². The number of carbonyl (C=O) groups excluding carboxylic acids is 1. The van der Waals surface area contributed by atoms with Crippen molar-refractivity contribution in [3.05, 3.63) is 63.9 Å². The van der Waals surface area contributed by atoms with Gasteiger partial charge in [-0.25, -0.2) is 4.39 Å². The summed E-state index contributed by atoms with van der Waals surface area (Å²) in [5, 5.41) is 10.5. The summed E-state index contributed by atoms with van der Waals surface area (Å²) in [5.41, 5.74) is 6.67. The fourth-order valence-corrected chi connectivity index (χ4v) is 2.70. The molecule has 1 atom stereocenters. The first kappa shape index (κ1) is 23.7. The van der Waals surface area contributed by atoms with E-state index < -0.39 is 17.8 Å². The number of nitrogens with two attached hydrogens (primary N) is 1. The number of amidine groups is 1. The van der Waals surface area contributed by atoms with Crippen LogP contribution in [0, 0.1) is 11.2 Å². The highest BCUT2D eigenvalue weighted by molar-refractivity contribution is 6.31. The first-order chi connectivity index (χ1) is 12.9. The van der Waals surface area contributed by atoms with Crippen molar-refractivity contribution in [2.45, 2.75) is 19.6 Å². The van der Waals surface area contributed by atoms with Crippen LogP contribution in [-0.2, 0) is 16.1 Å². The van der Waals surface area contributed by atoms with Crippen molar-refractivity contribution in [2.24, 2.45) is 5.73 Å². The van der Waals surface area contributed by atoms with E-state index in [2.05, 4.69) is 5.32 Å². The van der Waals surface area contributed by atoms with E-state index in [4.69, 9.17) is 32.2 Å². The minimum absolute atomic E-state index is 0. The maximum atomic E-state index is 14.3. The van der Waals surface area contributed by atoms with Gasteiger partial charge in [-0.3, -0.25) is 10.2 Å². The van der Waals surface area contributed by atoms with E-state index in [9.17, 15) is 9.18 Å². The number of halogens is 3. The zero-order chi connectivity index (χ0) is 20.0. The first-order valence-corrected chi connectivity index (χ1v) is 8.60. The summed E-state index contributed by atoms with van der Waals surface area (Å²) in [7, 11) is 1.43. The van der Waals surface area contributed by atoms with Crippen LogP contribution in [0.15, 0.2) is 36.4 Å². The molecule has 6 nitrogen and oxygen atoms in total. The lowest BCUT2D eigenvalue weighted by Gasteiger charge is -2.18. The summed E-state index contributed by atoms with van der Waals surface area (Å²) in [6.07, 6.45) is -1.10. The van der Waals surface area contributed by atoms with Crippen LogP contribution >= 0.6 is 24.0 Å². The van der Waals surface area contributed by atoms with Gasteiger partial charge in [0.25, 0.3) is 5.91 Å². The quantitative estimate of drug-likeness (QED) is 0.441. The monoisotopic (exact) mass is 429 g/mol. The molecule has 0 saturated heterocycles. The molecule has 28 heavy (non-hydrogen) atoms. The summed E-state index contributed by atoms with van der Waals surface area (Å²) in [6.45, 7) is 2.08. The lowest BCUT2D eigenvalue weighted by Crippen LogP contribution is -2.31. The van der Waals surface area contributed by atoms with E-state index in [1.54, 1.807) is 31.2 Å². The molecule has 1 amide bonds. The zero-order valence-electron chi connectivity index (χ0n) is 15.4. The Balaban J connectivity index is 0.00000392. The Bertz CT molecular complexity index is 849. The van der Waals surface area contributed by atoms with Crippen LogP contribution in [0.1, 0.15) is 29.7 Å². The van der Waals surface area contributed by atoms with E-state index in [0.29, 0.717) is 21.9 Å². The van der Waals surface area contributed by atoms with Crippen molar-refractivity contribution in [3.8, 4) is 5.75 Å². The number of benzene rings is 2. The fraction of sp³-hybridized carbons (Fsp3) is 0.263. The second kappa shape index (κ2) is 10.8. The molecule has 0 saturated carbocycles. The molecule has 0 bridgehead atoms. The molecule has 2 aromatic rings. The van der Waals surface area contributed by atoms with Gasteiger partial charge in [-0.2, -0.15) is 0 Å². The molecule has 0 unspecified atom stereocenters. The number of rotatable bonds is 8. The van der Waals surface area contributed by atoms with Crippen LogP contribution in [0.3, 0.4) is 0 Å². The molecule has 0 aliphatic carbocycles. The first-order valence-electron chi connectivity index (χ1n) is 8.23. The smallest absolute Gasteiger partial charge is 0.254 e. The maximum Gasteiger partial charge on any atom is 0.254 e. The minimum Gasteiger partial charge on any atom is -0.497 e.